The standard InChI is InChI=1S/C37H25Cl2FN4O3/c1-23-32(36(45)43(37(46)33(23)19-41)20-24-7-13-29(40)14-8-24)17-27-21-44(30-5-3-2-4-6-30)42-35(27)25-10-15-31(16-11-25)47-22-26-9-12-28(38)18-34(26)39/h2-18,21H,20,22H2,1H3/b32-17+. The first-order valence-corrected chi connectivity index (χ1v) is 15.2. The molecule has 2 amide bonds. The highest BCUT2D eigenvalue weighted by molar-refractivity contribution is 6.35. The molecule has 6 rings (SSSR count). The third kappa shape index (κ3) is 6.73. The van der Waals surface area contributed by atoms with Gasteiger partial charge in [-0.1, -0.05) is 59.6 Å². The third-order valence-electron chi connectivity index (χ3n) is 7.68. The van der Waals surface area contributed by atoms with Crippen LogP contribution < -0.4 is 4.74 Å². The Morgan fingerprint density at radius 1 is 0.936 bits per heavy atom. The topological polar surface area (TPSA) is 88.2 Å². The second-order valence-corrected chi connectivity index (χ2v) is 11.6. The zero-order valence-electron chi connectivity index (χ0n) is 25.0. The van der Waals surface area contributed by atoms with Crippen LogP contribution in [0.15, 0.2) is 120 Å². The molecule has 2 heterocycles. The lowest BCUT2D eigenvalue weighted by Gasteiger charge is -2.27. The number of benzene rings is 4. The van der Waals surface area contributed by atoms with E-state index >= 15 is 0 Å². The van der Waals surface area contributed by atoms with E-state index in [4.69, 9.17) is 33.0 Å². The fourth-order valence-electron chi connectivity index (χ4n) is 5.14. The van der Waals surface area contributed by atoms with E-state index in [1.54, 1.807) is 36.0 Å². The lowest BCUT2D eigenvalue weighted by Crippen LogP contribution is -2.42. The van der Waals surface area contributed by atoms with Crippen molar-refractivity contribution in [3.63, 3.8) is 0 Å². The molecule has 1 aliphatic heterocycles. The van der Waals surface area contributed by atoms with Crippen molar-refractivity contribution in [3.05, 3.63) is 153 Å². The van der Waals surface area contributed by atoms with Crippen LogP contribution in [-0.4, -0.2) is 26.5 Å². The maximum absolute atomic E-state index is 13.8. The van der Waals surface area contributed by atoms with Gasteiger partial charge in [0.2, 0.25) is 0 Å². The molecule has 0 fully saturated rings. The van der Waals surface area contributed by atoms with Crippen molar-refractivity contribution in [2.24, 2.45) is 0 Å². The van der Waals surface area contributed by atoms with Crippen molar-refractivity contribution in [1.82, 2.24) is 14.7 Å². The van der Waals surface area contributed by atoms with Crippen molar-refractivity contribution in [3.8, 4) is 28.8 Å². The predicted molar refractivity (Wildman–Crippen MR) is 178 cm³/mol. The van der Waals surface area contributed by atoms with Crippen molar-refractivity contribution in [1.29, 1.82) is 5.26 Å². The van der Waals surface area contributed by atoms with E-state index in [1.807, 2.05) is 66.7 Å². The summed E-state index contributed by atoms with van der Waals surface area (Å²) in [5.41, 5.74) is 4.33. The summed E-state index contributed by atoms with van der Waals surface area (Å²) < 4.78 is 21.2. The van der Waals surface area contributed by atoms with Crippen LogP contribution in [-0.2, 0) is 22.7 Å². The second-order valence-electron chi connectivity index (χ2n) is 10.8. The van der Waals surface area contributed by atoms with Gasteiger partial charge in [-0.15, -0.1) is 0 Å². The van der Waals surface area contributed by atoms with E-state index in [0.29, 0.717) is 32.6 Å². The SMILES string of the molecule is CC1=C(C#N)C(=O)N(Cc2ccc(F)cc2)C(=O)/C1=C/c1cn(-c2ccccc2)nc1-c1ccc(OCc2ccc(Cl)cc2Cl)cc1. The number of para-hydroxylation sites is 1. The van der Waals surface area contributed by atoms with Gasteiger partial charge in [0.15, 0.2) is 0 Å². The van der Waals surface area contributed by atoms with Crippen LogP contribution in [0.3, 0.4) is 0 Å². The monoisotopic (exact) mass is 662 g/mol. The van der Waals surface area contributed by atoms with Gasteiger partial charge in [0.05, 0.1) is 17.9 Å². The molecule has 1 aromatic heterocycles. The molecule has 1 aliphatic rings. The largest absolute Gasteiger partial charge is 0.489 e. The van der Waals surface area contributed by atoms with Gasteiger partial charge in [0.25, 0.3) is 11.8 Å². The number of hydrogen-bond acceptors (Lipinski definition) is 5. The summed E-state index contributed by atoms with van der Waals surface area (Å²) in [6.07, 6.45) is 3.44. The van der Waals surface area contributed by atoms with Crippen LogP contribution in [0.1, 0.15) is 23.6 Å². The molecule has 0 spiro atoms. The molecule has 0 unspecified atom stereocenters. The van der Waals surface area contributed by atoms with Gasteiger partial charge in [-0.2, -0.15) is 10.4 Å². The molecular weight excluding hydrogens is 638 g/mol. The van der Waals surface area contributed by atoms with E-state index in [1.165, 1.54) is 24.3 Å². The number of nitriles is 1. The molecule has 0 saturated heterocycles. The number of ether oxygens (including phenoxy) is 1. The Balaban J connectivity index is 1.37. The zero-order chi connectivity index (χ0) is 33.1. The second kappa shape index (κ2) is 13.5. The number of aromatic nitrogens is 2. The number of rotatable bonds is 8. The maximum Gasteiger partial charge on any atom is 0.271 e. The molecule has 0 bridgehead atoms. The van der Waals surface area contributed by atoms with E-state index in [0.717, 1.165) is 21.7 Å². The Morgan fingerprint density at radius 2 is 1.66 bits per heavy atom. The van der Waals surface area contributed by atoms with Gasteiger partial charge in [0, 0.05) is 38.5 Å². The Kier molecular flexibility index (Phi) is 9.03. The highest BCUT2D eigenvalue weighted by Crippen LogP contribution is 2.33. The smallest absolute Gasteiger partial charge is 0.271 e. The van der Waals surface area contributed by atoms with E-state index in [2.05, 4.69) is 0 Å². The molecule has 0 atom stereocenters. The number of nitrogens with zero attached hydrogens (tertiary/aromatic N) is 4. The maximum atomic E-state index is 13.8. The van der Waals surface area contributed by atoms with Gasteiger partial charge >= 0.3 is 0 Å². The summed E-state index contributed by atoms with van der Waals surface area (Å²) in [7, 11) is 0. The summed E-state index contributed by atoms with van der Waals surface area (Å²) in [6.45, 7) is 1.71. The minimum absolute atomic E-state index is 0.118. The Hall–Kier alpha value is -5.49. The van der Waals surface area contributed by atoms with Gasteiger partial charge < -0.3 is 4.74 Å². The van der Waals surface area contributed by atoms with E-state index in [-0.39, 0.29) is 29.9 Å². The zero-order valence-corrected chi connectivity index (χ0v) is 26.5. The van der Waals surface area contributed by atoms with Crippen LogP contribution in [0.2, 0.25) is 10.0 Å². The van der Waals surface area contributed by atoms with Crippen LogP contribution in [0.4, 0.5) is 4.39 Å². The lowest BCUT2D eigenvalue weighted by molar-refractivity contribution is -0.141. The van der Waals surface area contributed by atoms with E-state index < -0.39 is 17.6 Å². The molecule has 4 aromatic carbocycles. The van der Waals surface area contributed by atoms with Gasteiger partial charge in [-0.05, 0) is 84.8 Å². The molecule has 0 N–H and O–H groups in total. The first kappa shape index (κ1) is 31.5. The minimum atomic E-state index is -0.702. The number of carbonyl (C=O) groups is 2. The Morgan fingerprint density at radius 3 is 2.34 bits per heavy atom. The highest BCUT2D eigenvalue weighted by atomic mass is 35.5. The molecule has 10 heteroatoms. The summed E-state index contributed by atoms with van der Waals surface area (Å²) in [6, 6.07) is 29.5. The average molecular weight is 664 g/mol. The average Bonchev–Trinajstić information content (AvgIpc) is 3.50. The number of hydrogen-bond donors (Lipinski definition) is 0. The molecule has 47 heavy (non-hydrogen) atoms. The summed E-state index contributed by atoms with van der Waals surface area (Å²) >= 11 is 12.3. The molecule has 0 radical (unpaired) electrons. The molecule has 232 valence electrons. The summed E-state index contributed by atoms with van der Waals surface area (Å²) in [5.74, 6) is -1.10. The van der Waals surface area contributed by atoms with Crippen molar-refractivity contribution in [2.45, 2.75) is 20.1 Å². The van der Waals surface area contributed by atoms with Crippen molar-refractivity contribution in [2.75, 3.05) is 0 Å². The van der Waals surface area contributed by atoms with Gasteiger partial charge in [-0.25, -0.2) is 9.07 Å². The highest BCUT2D eigenvalue weighted by Gasteiger charge is 2.35. The Bertz CT molecular complexity index is 2100. The quantitative estimate of drug-likeness (QED) is 0.123. The van der Waals surface area contributed by atoms with Crippen LogP contribution in [0.5, 0.6) is 5.75 Å². The molecule has 5 aromatic rings. The van der Waals surface area contributed by atoms with Crippen molar-refractivity contribution < 1.29 is 18.7 Å². The van der Waals surface area contributed by atoms with Crippen LogP contribution >= 0.6 is 23.2 Å². The molecule has 0 saturated carbocycles. The fourth-order valence-corrected chi connectivity index (χ4v) is 5.60. The first-order valence-electron chi connectivity index (χ1n) is 14.5. The summed E-state index contributed by atoms with van der Waals surface area (Å²) in [5, 5.41) is 15.8. The normalized spacial score (nSPS) is 14.1. The minimum Gasteiger partial charge on any atom is -0.489 e. The number of halogens is 3. The molecule has 0 aliphatic carbocycles. The van der Waals surface area contributed by atoms with Gasteiger partial charge in [0.1, 0.15) is 29.8 Å². The molecular formula is C37H25Cl2FN4O3. The van der Waals surface area contributed by atoms with E-state index in [9.17, 15) is 19.2 Å². The molecule has 7 nitrogen and oxygen atoms in total. The third-order valence-corrected chi connectivity index (χ3v) is 8.27. The number of amides is 2. The van der Waals surface area contributed by atoms with Crippen molar-refractivity contribution >= 4 is 41.1 Å². The Labute approximate surface area is 280 Å². The lowest BCUT2D eigenvalue weighted by atomic mass is 9.93. The fraction of sp³-hybridized carbons (Fsp3) is 0.0811. The first-order chi connectivity index (χ1) is 22.7. The number of imide groups is 1. The van der Waals surface area contributed by atoms with Crippen LogP contribution in [0, 0.1) is 17.1 Å². The van der Waals surface area contributed by atoms with Gasteiger partial charge in [-0.3, -0.25) is 14.5 Å². The summed E-state index contributed by atoms with van der Waals surface area (Å²) in [4.78, 5) is 28.1. The van der Waals surface area contributed by atoms with Crippen LogP contribution in [0.25, 0.3) is 23.0 Å². The predicted octanol–water partition coefficient (Wildman–Crippen LogP) is 8.36. The number of carbonyl (C=O) groups excluding carboxylic acids is 2.